The number of pyridine rings is 2. The molecule has 4 nitrogen and oxygen atoms in total. The van der Waals surface area contributed by atoms with Crippen LogP contribution in [-0.2, 0) is 13.6 Å². The number of fused-ring (bicyclic) bond motifs is 7. The molecule has 0 atom stereocenters. The van der Waals surface area contributed by atoms with E-state index in [9.17, 15) is 0 Å². The summed E-state index contributed by atoms with van der Waals surface area (Å²) in [6.07, 6.45) is 5.71. The van der Waals surface area contributed by atoms with Crippen molar-refractivity contribution < 1.29 is 4.57 Å². The van der Waals surface area contributed by atoms with Crippen molar-refractivity contribution in [2.75, 3.05) is 0 Å². The van der Waals surface area contributed by atoms with Crippen molar-refractivity contribution in [3.8, 4) is 11.4 Å². The van der Waals surface area contributed by atoms with Crippen molar-refractivity contribution in [1.82, 2.24) is 14.5 Å². The lowest BCUT2D eigenvalue weighted by Crippen LogP contribution is -2.30. The number of hydrogen-bond donors (Lipinski definition) is 0. The van der Waals surface area contributed by atoms with Crippen LogP contribution >= 0.6 is 11.3 Å². The van der Waals surface area contributed by atoms with Crippen LogP contribution in [0, 0.1) is 0 Å². The topological polar surface area (TPSA) is 34.6 Å². The van der Waals surface area contributed by atoms with Crippen LogP contribution in [0.15, 0.2) is 36.8 Å². The Labute approximate surface area is 119 Å². The number of thiophene rings is 1. The minimum absolute atomic E-state index is 0.905. The molecule has 4 aromatic heterocycles. The third kappa shape index (κ3) is 1.10. The average molecular weight is 279 g/mol. The fourth-order valence-corrected chi connectivity index (χ4v) is 4.38. The predicted molar refractivity (Wildman–Crippen MR) is 78.6 cm³/mol. The lowest BCUT2D eigenvalue weighted by molar-refractivity contribution is -0.644. The molecule has 5 heterocycles. The number of aromatic nitrogens is 4. The third-order valence-corrected chi connectivity index (χ3v) is 5.19. The molecule has 0 amide bonds. The van der Waals surface area contributed by atoms with Crippen LogP contribution in [0.4, 0.5) is 0 Å². The molecule has 4 aromatic rings. The number of imidazole rings is 1. The van der Waals surface area contributed by atoms with Crippen molar-refractivity contribution in [2.45, 2.75) is 6.54 Å². The SMILES string of the molecule is Cn1c2[n+](c3sc4cccnc4c31)Cc1cnccc1-2. The highest BCUT2D eigenvalue weighted by molar-refractivity contribution is 7.25. The molecule has 0 saturated heterocycles. The molecule has 5 heteroatoms. The molecule has 5 rings (SSSR count). The predicted octanol–water partition coefficient (Wildman–Crippen LogP) is 2.50. The summed E-state index contributed by atoms with van der Waals surface area (Å²) < 4.78 is 5.90. The second-order valence-electron chi connectivity index (χ2n) is 5.11. The molecule has 96 valence electrons. The van der Waals surface area contributed by atoms with E-state index in [4.69, 9.17) is 0 Å². The Morgan fingerprint density at radius 3 is 3.20 bits per heavy atom. The summed E-state index contributed by atoms with van der Waals surface area (Å²) in [5, 5.41) is 0. The number of hydrogen-bond acceptors (Lipinski definition) is 3. The zero-order valence-electron chi connectivity index (χ0n) is 10.9. The summed E-state index contributed by atoms with van der Waals surface area (Å²) >= 11 is 1.82. The van der Waals surface area contributed by atoms with Crippen LogP contribution in [0.5, 0.6) is 0 Å². The van der Waals surface area contributed by atoms with Gasteiger partial charge in [-0.25, -0.2) is 9.13 Å². The molecule has 0 unspecified atom stereocenters. The zero-order valence-corrected chi connectivity index (χ0v) is 11.7. The first-order valence-corrected chi connectivity index (χ1v) is 7.35. The van der Waals surface area contributed by atoms with E-state index >= 15 is 0 Å². The van der Waals surface area contributed by atoms with Gasteiger partial charge >= 0.3 is 0 Å². The first kappa shape index (κ1) is 10.5. The van der Waals surface area contributed by atoms with Crippen molar-refractivity contribution in [3.63, 3.8) is 0 Å². The molecule has 0 fully saturated rings. The Hall–Kier alpha value is -2.27. The molecule has 20 heavy (non-hydrogen) atoms. The smallest absolute Gasteiger partial charge is 0.264 e. The van der Waals surface area contributed by atoms with E-state index in [2.05, 4.69) is 38.3 Å². The fourth-order valence-electron chi connectivity index (χ4n) is 3.19. The van der Waals surface area contributed by atoms with E-state index in [-0.39, 0.29) is 0 Å². The highest BCUT2D eigenvalue weighted by atomic mass is 32.1. The summed E-state index contributed by atoms with van der Waals surface area (Å²) in [5.74, 6) is 1.26. The first-order chi connectivity index (χ1) is 9.84. The number of aryl methyl sites for hydroxylation is 1. The molecule has 0 saturated carbocycles. The second kappa shape index (κ2) is 3.43. The van der Waals surface area contributed by atoms with Gasteiger partial charge in [-0.15, -0.1) is 0 Å². The van der Waals surface area contributed by atoms with Gasteiger partial charge in [0, 0.05) is 24.2 Å². The second-order valence-corrected chi connectivity index (χ2v) is 6.14. The molecular weight excluding hydrogens is 268 g/mol. The van der Waals surface area contributed by atoms with Gasteiger partial charge in [0.15, 0.2) is 0 Å². The summed E-state index contributed by atoms with van der Waals surface area (Å²) in [5.41, 5.74) is 4.93. The lowest BCUT2D eigenvalue weighted by atomic mass is 10.2. The van der Waals surface area contributed by atoms with Crippen molar-refractivity contribution in [1.29, 1.82) is 0 Å². The van der Waals surface area contributed by atoms with Gasteiger partial charge in [0.05, 0.1) is 17.3 Å². The van der Waals surface area contributed by atoms with Gasteiger partial charge in [0.2, 0.25) is 10.3 Å². The van der Waals surface area contributed by atoms with E-state index in [1.807, 2.05) is 36.0 Å². The Bertz CT molecular complexity index is 996. The Balaban J connectivity index is 1.98. The van der Waals surface area contributed by atoms with E-state index in [0.717, 1.165) is 12.1 Å². The summed E-state index contributed by atoms with van der Waals surface area (Å²) in [4.78, 5) is 10.1. The van der Waals surface area contributed by atoms with E-state index < -0.39 is 0 Å². The molecule has 1 aliphatic rings. The monoisotopic (exact) mass is 279 g/mol. The molecule has 0 N–H and O–H groups in total. The van der Waals surface area contributed by atoms with Crippen molar-refractivity contribution in [2.24, 2.45) is 7.05 Å². The van der Waals surface area contributed by atoms with Gasteiger partial charge in [-0.1, -0.05) is 11.3 Å². The van der Waals surface area contributed by atoms with Crippen molar-refractivity contribution >= 4 is 31.9 Å². The molecule has 0 spiro atoms. The average Bonchev–Trinajstić information content (AvgIpc) is 3.10. The largest absolute Gasteiger partial charge is 0.291 e. The molecule has 0 aromatic carbocycles. The van der Waals surface area contributed by atoms with Crippen LogP contribution in [0.25, 0.3) is 32.0 Å². The van der Waals surface area contributed by atoms with Crippen LogP contribution in [0.3, 0.4) is 0 Å². The summed E-state index contributed by atoms with van der Waals surface area (Å²) in [7, 11) is 2.13. The van der Waals surface area contributed by atoms with Gasteiger partial charge < -0.3 is 0 Å². The fraction of sp³-hybridized carbons (Fsp3) is 0.133. The zero-order chi connectivity index (χ0) is 13.3. The highest BCUT2D eigenvalue weighted by Crippen LogP contribution is 2.36. The van der Waals surface area contributed by atoms with Gasteiger partial charge in [-0.2, -0.15) is 0 Å². The van der Waals surface area contributed by atoms with Gasteiger partial charge in [-0.05, 0) is 18.2 Å². The molecule has 0 bridgehead atoms. The Morgan fingerprint density at radius 2 is 2.25 bits per heavy atom. The lowest BCUT2D eigenvalue weighted by Gasteiger charge is -1.94. The summed E-state index contributed by atoms with van der Waals surface area (Å²) in [6, 6.07) is 6.25. The normalized spacial score (nSPS) is 13.1. The summed E-state index contributed by atoms with van der Waals surface area (Å²) in [6.45, 7) is 0.905. The van der Waals surface area contributed by atoms with Crippen LogP contribution in [-0.4, -0.2) is 14.5 Å². The molecule has 0 aliphatic carbocycles. The quantitative estimate of drug-likeness (QED) is 0.408. The Kier molecular flexibility index (Phi) is 1.80. The molecule has 0 radical (unpaired) electrons. The van der Waals surface area contributed by atoms with Crippen molar-refractivity contribution in [3.05, 3.63) is 42.4 Å². The van der Waals surface area contributed by atoms with Crippen LogP contribution in [0.2, 0.25) is 0 Å². The number of nitrogens with zero attached hydrogens (tertiary/aromatic N) is 4. The first-order valence-electron chi connectivity index (χ1n) is 6.53. The van der Waals surface area contributed by atoms with Gasteiger partial charge in [-0.3, -0.25) is 9.97 Å². The van der Waals surface area contributed by atoms with Crippen LogP contribution in [0.1, 0.15) is 5.56 Å². The maximum Gasteiger partial charge on any atom is 0.291 e. The molecule has 1 aliphatic heterocycles. The standard InChI is InChI=1S/C15H11N4S/c1-18-13-12-11(3-2-5-17-12)20-15(13)19-8-9-7-16-6-4-10(9)14(18)19/h2-7H,8H2,1H3/q+1. The molecular formula is C15H11N4S+. The van der Waals surface area contributed by atoms with E-state index in [1.165, 1.54) is 32.0 Å². The third-order valence-electron chi connectivity index (χ3n) is 4.03. The highest BCUT2D eigenvalue weighted by Gasteiger charge is 2.34. The van der Waals surface area contributed by atoms with E-state index in [1.54, 1.807) is 0 Å². The maximum absolute atomic E-state index is 4.56. The maximum atomic E-state index is 4.56. The van der Waals surface area contributed by atoms with Gasteiger partial charge in [0.1, 0.15) is 12.1 Å². The van der Waals surface area contributed by atoms with E-state index in [0.29, 0.717) is 0 Å². The number of rotatable bonds is 0. The Morgan fingerprint density at radius 1 is 1.30 bits per heavy atom. The van der Waals surface area contributed by atoms with Crippen LogP contribution < -0.4 is 4.57 Å². The minimum Gasteiger partial charge on any atom is -0.264 e. The minimum atomic E-state index is 0.905. The van der Waals surface area contributed by atoms with Gasteiger partial charge in [0.25, 0.3) is 5.82 Å².